The number of thioether (sulfide) groups is 1. The molecule has 1 aromatic carbocycles. The number of nitrogens with one attached hydrogen (secondary N) is 1. The molecule has 0 aliphatic carbocycles. The first-order valence-electron chi connectivity index (χ1n) is 7.47. The molecule has 0 saturated carbocycles. The molecule has 1 N–H and O–H groups in total. The highest BCUT2D eigenvalue weighted by molar-refractivity contribution is 7.99. The molecule has 2 aromatic rings. The van der Waals surface area contributed by atoms with Crippen LogP contribution in [0.1, 0.15) is 13.8 Å². The summed E-state index contributed by atoms with van der Waals surface area (Å²) in [6, 6.07) is 7.19. The van der Waals surface area contributed by atoms with Gasteiger partial charge in [0.2, 0.25) is 5.91 Å². The minimum absolute atomic E-state index is 0.0500. The van der Waals surface area contributed by atoms with E-state index in [9.17, 15) is 9.59 Å². The third-order valence-electron chi connectivity index (χ3n) is 3.30. The molecule has 2 rings (SSSR count). The predicted octanol–water partition coefficient (Wildman–Crippen LogP) is 1.66. The van der Waals surface area contributed by atoms with Crippen molar-refractivity contribution in [3.8, 4) is 0 Å². The van der Waals surface area contributed by atoms with Crippen LogP contribution < -0.4 is 10.9 Å². The van der Waals surface area contributed by atoms with Crippen molar-refractivity contribution >= 4 is 28.6 Å². The minimum atomic E-state index is -0.107. The number of aromatic nitrogens is 2. The number of ether oxygens (including phenoxy) is 1. The monoisotopic (exact) mass is 335 g/mol. The molecule has 1 aromatic heterocycles. The van der Waals surface area contributed by atoms with Gasteiger partial charge < -0.3 is 10.1 Å². The van der Waals surface area contributed by atoms with Gasteiger partial charge in [-0.15, -0.1) is 0 Å². The van der Waals surface area contributed by atoms with E-state index in [4.69, 9.17) is 4.74 Å². The Morgan fingerprint density at radius 2 is 2.17 bits per heavy atom. The molecule has 0 radical (unpaired) electrons. The van der Waals surface area contributed by atoms with Gasteiger partial charge in [-0.3, -0.25) is 14.2 Å². The fraction of sp³-hybridized carbons (Fsp3) is 0.438. The normalized spacial score (nSPS) is 12.3. The molecule has 124 valence electrons. The summed E-state index contributed by atoms with van der Waals surface area (Å²) in [5.41, 5.74) is 0.576. The third-order valence-corrected chi connectivity index (χ3v) is 4.28. The maximum absolute atomic E-state index is 12.5. The van der Waals surface area contributed by atoms with Gasteiger partial charge in [-0.2, -0.15) is 0 Å². The highest BCUT2D eigenvalue weighted by Gasteiger charge is 2.13. The number of rotatable bonds is 7. The first kappa shape index (κ1) is 17.5. The molecule has 23 heavy (non-hydrogen) atoms. The van der Waals surface area contributed by atoms with Crippen molar-refractivity contribution in [3.63, 3.8) is 0 Å². The number of benzene rings is 1. The summed E-state index contributed by atoms with van der Waals surface area (Å²) in [5, 5.41) is 4.00. The van der Waals surface area contributed by atoms with Crippen LogP contribution in [0.5, 0.6) is 0 Å². The quantitative estimate of drug-likeness (QED) is 0.615. The van der Waals surface area contributed by atoms with E-state index in [2.05, 4.69) is 10.3 Å². The number of para-hydroxylation sites is 1. The second kappa shape index (κ2) is 8.12. The van der Waals surface area contributed by atoms with Crippen LogP contribution in [-0.2, 0) is 16.1 Å². The van der Waals surface area contributed by atoms with Gasteiger partial charge in [-0.1, -0.05) is 23.9 Å². The van der Waals surface area contributed by atoms with Gasteiger partial charge in [0.15, 0.2) is 5.16 Å². The van der Waals surface area contributed by atoms with E-state index >= 15 is 0 Å². The predicted molar refractivity (Wildman–Crippen MR) is 91.9 cm³/mol. The molecule has 7 heteroatoms. The summed E-state index contributed by atoms with van der Waals surface area (Å²) in [5.74, 6) is 0.100. The maximum Gasteiger partial charge on any atom is 0.262 e. The SMILES string of the molecule is CCn1c(SCC(=O)NC(C)COC)nc2ccccc2c1=O. The van der Waals surface area contributed by atoms with Crippen LogP contribution in [0.25, 0.3) is 10.9 Å². The molecule has 0 bridgehead atoms. The van der Waals surface area contributed by atoms with Crippen molar-refractivity contribution in [2.75, 3.05) is 19.5 Å². The fourth-order valence-corrected chi connectivity index (χ4v) is 3.15. The topological polar surface area (TPSA) is 73.2 Å². The first-order valence-corrected chi connectivity index (χ1v) is 8.46. The smallest absolute Gasteiger partial charge is 0.262 e. The van der Waals surface area contributed by atoms with E-state index in [1.54, 1.807) is 17.7 Å². The van der Waals surface area contributed by atoms with Gasteiger partial charge in [0, 0.05) is 19.7 Å². The highest BCUT2D eigenvalue weighted by Crippen LogP contribution is 2.17. The molecular weight excluding hydrogens is 314 g/mol. The number of fused-ring (bicyclic) bond motifs is 1. The molecule has 1 amide bonds. The summed E-state index contributed by atoms with van der Waals surface area (Å²) >= 11 is 1.27. The summed E-state index contributed by atoms with van der Waals surface area (Å²) in [6.07, 6.45) is 0. The second-order valence-electron chi connectivity index (χ2n) is 5.17. The number of hydrogen-bond donors (Lipinski definition) is 1. The summed E-state index contributed by atoms with van der Waals surface area (Å²) in [6.45, 7) is 4.75. The molecule has 0 spiro atoms. The number of methoxy groups -OCH3 is 1. The lowest BCUT2D eigenvalue weighted by Crippen LogP contribution is -2.36. The van der Waals surface area contributed by atoms with Crippen molar-refractivity contribution in [2.24, 2.45) is 0 Å². The van der Waals surface area contributed by atoms with E-state index in [1.807, 2.05) is 32.0 Å². The molecule has 1 heterocycles. The van der Waals surface area contributed by atoms with Gasteiger partial charge >= 0.3 is 0 Å². The first-order chi connectivity index (χ1) is 11.1. The number of nitrogens with zero attached hydrogens (tertiary/aromatic N) is 2. The van der Waals surface area contributed by atoms with Crippen molar-refractivity contribution in [1.82, 2.24) is 14.9 Å². The number of carbonyl (C=O) groups excluding carboxylic acids is 1. The van der Waals surface area contributed by atoms with Crippen LogP contribution in [0.15, 0.2) is 34.2 Å². The lowest BCUT2D eigenvalue weighted by atomic mass is 10.2. The maximum atomic E-state index is 12.5. The van der Waals surface area contributed by atoms with Gasteiger partial charge in [0.1, 0.15) is 0 Å². The standard InChI is InChI=1S/C16H21N3O3S/c1-4-19-15(21)12-7-5-6-8-13(12)18-16(19)23-10-14(20)17-11(2)9-22-3/h5-8,11H,4,9-10H2,1-3H3,(H,17,20). The second-order valence-corrected chi connectivity index (χ2v) is 6.12. The lowest BCUT2D eigenvalue weighted by Gasteiger charge is -2.14. The van der Waals surface area contributed by atoms with E-state index in [0.717, 1.165) is 0 Å². The Kier molecular flexibility index (Phi) is 6.18. The zero-order chi connectivity index (χ0) is 16.8. The Labute approximate surface area is 139 Å². The van der Waals surface area contributed by atoms with Crippen molar-refractivity contribution < 1.29 is 9.53 Å². The van der Waals surface area contributed by atoms with Crippen LogP contribution in [0.4, 0.5) is 0 Å². The Bertz CT molecular complexity index is 745. The number of hydrogen-bond acceptors (Lipinski definition) is 5. The largest absolute Gasteiger partial charge is 0.383 e. The highest BCUT2D eigenvalue weighted by atomic mass is 32.2. The molecule has 0 aliphatic rings. The lowest BCUT2D eigenvalue weighted by molar-refractivity contribution is -0.119. The van der Waals surface area contributed by atoms with Crippen molar-refractivity contribution in [1.29, 1.82) is 0 Å². The van der Waals surface area contributed by atoms with Crippen molar-refractivity contribution in [3.05, 3.63) is 34.6 Å². The van der Waals surface area contributed by atoms with E-state index in [0.29, 0.717) is 29.2 Å². The third kappa shape index (κ3) is 4.33. The van der Waals surface area contributed by atoms with Crippen LogP contribution in [-0.4, -0.2) is 41.0 Å². The average molecular weight is 335 g/mol. The van der Waals surface area contributed by atoms with Gasteiger partial charge in [0.25, 0.3) is 5.56 Å². The Balaban J connectivity index is 2.16. The molecule has 0 saturated heterocycles. The van der Waals surface area contributed by atoms with Gasteiger partial charge in [-0.05, 0) is 26.0 Å². The molecule has 1 atom stereocenters. The molecule has 6 nitrogen and oxygen atoms in total. The van der Waals surface area contributed by atoms with Crippen LogP contribution >= 0.6 is 11.8 Å². The molecule has 0 aliphatic heterocycles. The fourth-order valence-electron chi connectivity index (χ4n) is 2.27. The Morgan fingerprint density at radius 1 is 1.43 bits per heavy atom. The zero-order valence-corrected chi connectivity index (χ0v) is 14.4. The zero-order valence-electron chi connectivity index (χ0n) is 13.5. The number of amides is 1. The minimum Gasteiger partial charge on any atom is -0.383 e. The van der Waals surface area contributed by atoms with E-state index < -0.39 is 0 Å². The Hall–Kier alpha value is -1.86. The molecule has 0 fully saturated rings. The van der Waals surface area contributed by atoms with Gasteiger partial charge in [-0.25, -0.2) is 4.98 Å². The molecule has 1 unspecified atom stereocenters. The summed E-state index contributed by atoms with van der Waals surface area (Å²) in [4.78, 5) is 28.9. The number of carbonyl (C=O) groups is 1. The van der Waals surface area contributed by atoms with Gasteiger partial charge in [0.05, 0.1) is 23.3 Å². The van der Waals surface area contributed by atoms with Crippen molar-refractivity contribution in [2.45, 2.75) is 31.6 Å². The van der Waals surface area contributed by atoms with Crippen LogP contribution in [0, 0.1) is 0 Å². The molecular formula is C16H21N3O3S. The van der Waals surface area contributed by atoms with E-state index in [-0.39, 0.29) is 23.3 Å². The van der Waals surface area contributed by atoms with Crippen LogP contribution in [0.3, 0.4) is 0 Å². The average Bonchev–Trinajstić information content (AvgIpc) is 2.53. The Morgan fingerprint density at radius 3 is 2.87 bits per heavy atom. The summed E-state index contributed by atoms with van der Waals surface area (Å²) < 4.78 is 6.58. The summed E-state index contributed by atoms with van der Waals surface area (Å²) in [7, 11) is 1.59. The van der Waals surface area contributed by atoms with Crippen LogP contribution in [0.2, 0.25) is 0 Å². The van der Waals surface area contributed by atoms with E-state index in [1.165, 1.54) is 11.8 Å².